The van der Waals surface area contributed by atoms with Gasteiger partial charge in [-0.05, 0) is 56.5 Å². The normalized spacial score (nSPS) is 11.8. The molecule has 0 spiro atoms. The van der Waals surface area contributed by atoms with E-state index in [9.17, 15) is 4.79 Å². The third kappa shape index (κ3) is 5.88. The number of ether oxygens (including phenoxy) is 1. The Labute approximate surface area is 157 Å². The second kappa shape index (κ2) is 10.6. The number of amides is 1. The summed E-state index contributed by atoms with van der Waals surface area (Å²) in [6, 6.07) is 16.2. The Hall–Kier alpha value is -2.33. The van der Waals surface area contributed by atoms with Crippen LogP contribution in [0.2, 0.25) is 0 Å². The second-order valence-electron chi connectivity index (χ2n) is 6.51. The molecule has 140 valence electrons. The fourth-order valence-electron chi connectivity index (χ4n) is 2.74. The molecule has 0 fully saturated rings. The number of carbonyl (C=O) groups is 1. The molecule has 2 aromatic rings. The van der Waals surface area contributed by atoms with Crippen LogP contribution in [0.4, 0.5) is 0 Å². The molecule has 2 N–H and O–H groups in total. The zero-order valence-electron chi connectivity index (χ0n) is 16.0. The van der Waals surface area contributed by atoms with E-state index >= 15 is 0 Å². The van der Waals surface area contributed by atoms with E-state index in [0.29, 0.717) is 23.9 Å². The average Bonchev–Trinajstić information content (AvgIpc) is 2.70. The van der Waals surface area contributed by atoms with Crippen molar-refractivity contribution in [2.24, 2.45) is 0 Å². The summed E-state index contributed by atoms with van der Waals surface area (Å²) in [6.45, 7) is 6.04. The molecular weight excluding hydrogens is 324 g/mol. The number of benzene rings is 2. The van der Waals surface area contributed by atoms with Crippen LogP contribution in [0.25, 0.3) is 11.1 Å². The van der Waals surface area contributed by atoms with Gasteiger partial charge < -0.3 is 15.4 Å². The maximum atomic E-state index is 12.4. The van der Waals surface area contributed by atoms with E-state index in [1.54, 1.807) is 7.11 Å². The fraction of sp³-hybridized carbons (Fsp3) is 0.409. The molecule has 2 aromatic carbocycles. The molecule has 0 bridgehead atoms. The van der Waals surface area contributed by atoms with Gasteiger partial charge in [0.05, 0.1) is 7.11 Å². The van der Waals surface area contributed by atoms with Crippen molar-refractivity contribution >= 4 is 5.91 Å². The van der Waals surface area contributed by atoms with Crippen LogP contribution in [-0.4, -0.2) is 32.1 Å². The van der Waals surface area contributed by atoms with Crippen molar-refractivity contribution in [3.8, 4) is 16.9 Å². The minimum atomic E-state index is -0.0576. The molecule has 0 heterocycles. The Balaban J connectivity index is 1.87. The Morgan fingerprint density at radius 1 is 1.08 bits per heavy atom. The summed E-state index contributed by atoms with van der Waals surface area (Å²) in [6.07, 6.45) is 3.16. The van der Waals surface area contributed by atoms with E-state index in [1.165, 1.54) is 0 Å². The summed E-state index contributed by atoms with van der Waals surface area (Å²) in [4.78, 5) is 12.4. The van der Waals surface area contributed by atoms with Crippen LogP contribution in [0.5, 0.6) is 5.75 Å². The van der Waals surface area contributed by atoms with Crippen molar-refractivity contribution in [1.29, 1.82) is 0 Å². The number of nitrogens with one attached hydrogen (secondary N) is 2. The van der Waals surface area contributed by atoms with E-state index < -0.39 is 0 Å². The lowest BCUT2D eigenvalue weighted by Crippen LogP contribution is -2.28. The van der Waals surface area contributed by atoms with E-state index in [0.717, 1.165) is 36.9 Å². The van der Waals surface area contributed by atoms with Crippen molar-refractivity contribution < 1.29 is 9.53 Å². The van der Waals surface area contributed by atoms with E-state index in [1.807, 2.05) is 48.5 Å². The van der Waals surface area contributed by atoms with Gasteiger partial charge in [-0.3, -0.25) is 4.79 Å². The monoisotopic (exact) mass is 354 g/mol. The highest BCUT2D eigenvalue weighted by Crippen LogP contribution is 2.30. The van der Waals surface area contributed by atoms with E-state index in [2.05, 4.69) is 24.5 Å². The number of carbonyl (C=O) groups excluding carboxylic acids is 1. The molecular formula is C22H30N2O2. The number of hydrogen-bond donors (Lipinski definition) is 2. The number of methoxy groups -OCH3 is 1. The quantitative estimate of drug-likeness (QED) is 0.627. The van der Waals surface area contributed by atoms with Crippen LogP contribution in [0.15, 0.2) is 48.5 Å². The van der Waals surface area contributed by atoms with Gasteiger partial charge in [0.2, 0.25) is 0 Å². The molecule has 0 aliphatic rings. The molecule has 0 saturated heterocycles. The Morgan fingerprint density at radius 3 is 2.50 bits per heavy atom. The van der Waals surface area contributed by atoms with Crippen molar-refractivity contribution in [2.45, 2.75) is 39.2 Å². The van der Waals surface area contributed by atoms with Gasteiger partial charge >= 0.3 is 0 Å². The molecule has 1 atom stereocenters. The largest absolute Gasteiger partial charge is 0.496 e. The minimum Gasteiger partial charge on any atom is -0.496 e. The number of unbranched alkanes of at least 4 members (excludes halogenated alkanes) is 1. The molecule has 2 rings (SSSR count). The Bertz CT molecular complexity index is 686. The first-order valence-corrected chi connectivity index (χ1v) is 9.40. The molecule has 0 aliphatic heterocycles. The lowest BCUT2D eigenvalue weighted by atomic mass is 10.0. The smallest absolute Gasteiger partial charge is 0.251 e. The maximum absolute atomic E-state index is 12.4. The van der Waals surface area contributed by atoms with E-state index in [-0.39, 0.29) is 5.91 Å². The van der Waals surface area contributed by atoms with Crippen LogP contribution in [0.1, 0.15) is 43.5 Å². The van der Waals surface area contributed by atoms with Crippen molar-refractivity contribution in [3.05, 3.63) is 54.1 Å². The van der Waals surface area contributed by atoms with Gasteiger partial charge in [0.1, 0.15) is 5.75 Å². The molecule has 0 saturated carbocycles. The van der Waals surface area contributed by atoms with Crippen LogP contribution in [-0.2, 0) is 0 Å². The van der Waals surface area contributed by atoms with Crippen molar-refractivity contribution in [1.82, 2.24) is 10.6 Å². The maximum Gasteiger partial charge on any atom is 0.251 e. The molecule has 26 heavy (non-hydrogen) atoms. The summed E-state index contributed by atoms with van der Waals surface area (Å²) < 4.78 is 5.49. The summed E-state index contributed by atoms with van der Waals surface area (Å²) in [5.74, 6) is 0.652. The zero-order valence-corrected chi connectivity index (χ0v) is 16.0. The summed E-state index contributed by atoms with van der Waals surface area (Å²) in [5.41, 5.74) is 2.69. The van der Waals surface area contributed by atoms with Gasteiger partial charge in [-0.1, -0.05) is 37.3 Å². The highest BCUT2D eigenvalue weighted by atomic mass is 16.5. The first-order chi connectivity index (χ1) is 12.7. The first kappa shape index (κ1) is 20.0. The Kier molecular flexibility index (Phi) is 8.16. The molecule has 0 radical (unpaired) electrons. The second-order valence-corrected chi connectivity index (χ2v) is 6.51. The Morgan fingerprint density at radius 2 is 1.81 bits per heavy atom. The fourth-order valence-corrected chi connectivity index (χ4v) is 2.74. The van der Waals surface area contributed by atoms with Crippen molar-refractivity contribution in [2.75, 3.05) is 20.2 Å². The zero-order chi connectivity index (χ0) is 18.8. The summed E-state index contributed by atoms with van der Waals surface area (Å²) in [7, 11) is 1.63. The molecule has 0 aromatic heterocycles. The van der Waals surface area contributed by atoms with Gasteiger partial charge in [0.15, 0.2) is 0 Å². The van der Waals surface area contributed by atoms with Crippen molar-refractivity contribution in [3.63, 3.8) is 0 Å². The third-order valence-corrected chi connectivity index (χ3v) is 4.54. The molecule has 4 nitrogen and oxygen atoms in total. The lowest BCUT2D eigenvalue weighted by Gasteiger charge is -2.12. The molecule has 4 heteroatoms. The number of hydrogen-bond acceptors (Lipinski definition) is 3. The SMILES string of the molecule is CC[C@@H](C)NCCCCNC(=O)c1ccc(-c2ccccc2)c(OC)c1. The minimum absolute atomic E-state index is 0.0576. The van der Waals surface area contributed by atoms with Gasteiger partial charge in [0, 0.05) is 23.7 Å². The molecule has 0 aliphatic carbocycles. The summed E-state index contributed by atoms with van der Waals surface area (Å²) >= 11 is 0. The highest BCUT2D eigenvalue weighted by Gasteiger charge is 2.11. The van der Waals surface area contributed by atoms with Gasteiger partial charge in [-0.15, -0.1) is 0 Å². The first-order valence-electron chi connectivity index (χ1n) is 9.40. The third-order valence-electron chi connectivity index (χ3n) is 4.54. The van der Waals surface area contributed by atoms with Crippen LogP contribution in [0, 0.1) is 0 Å². The molecule has 0 unspecified atom stereocenters. The van der Waals surface area contributed by atoms with Gasteiger partial charge in [0.25, 0.3) is 5.91 Å². The van der Waals surface area contributed by atoms with E-state index in [4.69, 9.17) is 4.74 Å². The molecule has 1 amide bonds. The topological polar surface area (TPSA) is 50.4 Å². The predicted octanol–water partition coefficient (Wildman–Crippen LogP) is 4.26. The standard InChI is InChI=1S/C22H30N2O2/c1-4-17(2)23-14-8-9-15-24-22(25)19-12-13-20(21(16-19)26-3)18-10-6-5-7-11-18/h5-7,10-13,16-17,23H,4,8-9,14-15H2,1-3H3,(H,24,25)/t17-/m1/s1. The van der Waals surface area contributed by atoms with Gasteiger partial charge in [-0.25, -0.2) is 0 Å². The highest BCUT2D eigenvalue weighted by molar-refractivity contribution is 5.95. The van der Waals surface area contributed by atoms with Crippen LogP contribution in [0.3, 0.4) is 0 Å². The van der Waals surface area contributed by atoms with Crippen LogP contribution < -0.4 is 15.4 Å². The predicted molar refractivity (Wildman–Crippen MR) is 108 cm³/mol. The van der Waals surface area contributed by atoms with Crippen LogP contribution >= 0.6 is 0 Å². The lowest BCUT2D eigenvalue weighted by molar-refractivity contribution is 0.0952. The average molecular weight is 354 g/mol. The van der Waals surface area contributed by atoms with Gasteiger partial charge in [-0.2, -0.15) is 0 Å². The number of rotatable bonds is 10. The summed E-state index contributed by atoms with van der Waals surface area (Å²) in [5, 5.41) is 6.45.